The van der Waals surface area contributed by atoms with E-state index in [2.05, 4.69) is 34.7 Å². The first-order chi connectivity index (χ1) is 8.75. The summed E-state index contributed by atoms with van der Waals surface area (Å²) in [6, 6.07) is 0.466. The number of tetrazole rings is 1. The van der Waals surface area contributed by atoms with Gasteiger partial charge in [-0.05, 0) is 29.2 Å². The summed E-state index contributed by atoms with van der Waals surface area (Å²) >= 11 is 0. The predicted molar refractivity (Wildman–Crippen MR) is 71.0 cm³/mol. The molecule has 0 atom stereocenters. The Morgan fingerprint density at radius 2 is 2.11 bits per heavy atom. The maximum atomic E-state index is 4.08. The SMILES string of the molecule is CC(C)NCc1nnnn1CCCC1CCCC1. The van der Waals surface area contributed by atoms with E-state index in [4.69, 9.17) is 0 Å². The Labute approximate surface area is 109 Å². The number of nitrogens with one attached hydrogen (secondary N) is 1. The number of hydrogen-bond acceptors (Lipinski definition) is 4. The third kappa shape index (κ3) is 4.05. The molecule has 1 fully saturated rings. The van der Waals surface area contributed by atoms with Crippen molar-refractivity contribution in [3.05, 3.63) is 5.82 Å². The molecule has 1 heterocycles. The van der Waals surface area contributed by atoms with E-state index in [1.54, 1.807) is 0 Å². The molecule has 0 aliphatic heterocycles. The molecule has 1 N–H and O–H groups in total. The van der Waals surface area contributed by atoms with Gasteiger partial charge in [0, 0.05) is 12.6 Å². The van der Waals surface area contributed by atoms with Crippen LogP contribution in [0, 0.1) is 5.92 Å². The molecule has 1 aromatic rings. The van der Waals surface area contributed by atoms with Gasteiger partial charge in [0.25, 0.3) is 0 Å². The summed E-state index contributed by atoms with van der Waals surface area (Å²) in [5.74, 6) is 1.91. The number of aromatic nitrogens is 4. The molecule has 0 spiro atoms. The van der Waals surface area contributed by atoms with Crippen LogP contribution in [0.25, 0.3) is 0 Å². The van der Waals surface area contributed by atoms with Crippen LogP contribution < -0.4 is 5.32 Å². The van der Waals surface area contributed by atoms with Crippen molar-refractivity contribution >= 4 is 0 Å². The summed E-state index contributed by atoms with van der Waals surface area (Å²) in [7, 11) is 0. The monoisotopic (exact) mass is 251 g/mol. The summed E-state index contributed by atoms with van der Waals surface area (Å²) in [5.41, 5.74) is 0. The van der Waals surface area contributed by atoms with E-state index >= 15 is 0 Å². The van der Waals surface area contributed by atoms with E-state index in [0.29, 0.717) is 6.04 Å². The van der Waals surface area contributed by atoms with Gasteiger partial charge in [-0.15, -0.1) is 5.10 Å². The van der Waals surface area contributed by atoms with Crippen LogP contribution in [0.1, 0.15) is 58.2 Å². The second kappa shape index (κ2) is 6.83. The minimum atomic E-state index is 0.466. The standard InChI is InChI=1S/C13H25N5/c1-11(2)14-10-13-15-16-17-18(13)9-5-8-12-6-3-4-7-12/h11-12,14H,3-10H2,1-2H3. The van der Waals surface area contributed by atoms with Gasteiger partial charge in [-0.2, -0.15) is 0 Å². The number of rotatable bonds is 7. The van der Waals surface area contributed by atoms with E-state index in [-0.39, 0.29) is 0 Å². The Hall–Kier alpha value is -0.970. The van der Waals surface area contributed by atoms with Crippen molar-refractivity contribution in [2.75, 3.05) is 0 Å². The number of aryl methyl sites for hydroxylation is 1. The zero-order valence-corrected chi connectivity index (χ0v) is 11.6. The van der Waals surface area contributed by atoms with Gasteiger partial charge < -0.3 is 5.32 Å². The highest BCUT2D eigenvalue weighted by Gasteiger charge is 2.14. The molecule has 0 bridgehead atoms. The topological polar surface area (TPSA) is 55.6 Å². The highest BCUT2D eigenvalue weighted by Crippen LogP contribution is 2.28. The highest BCUT2D eigenvalue weighted by atomic mass is 15.5. The third-order valence-corrected chi connectivity index (χ3v) is 3.73. The lowest BCUT2D eigenvalue weighted by molar-refractivity contribution is 0.431. The fourth-order valence-electron chi connectivity index (χ4n) is 2.65. The molecule has 1 saturated carbocycles. The average Bonchev–Trinajstić information content (AvgIpc) is 2.97. The molecule has 0 radical (unpaired) electrons. The van der Waals surface area contributed by atoms with Gasteiger partial charge in [-0.25, -0.2) is 4.68 Å². The Kier molecular flexibility index (Phi) is 5.11. The maximum absolute atomic E-state index is 4.08. The van der Waals surface area contributed by atoms with Crippen LogP contribution in [0.3, 0.4) is 0 Å². The fourth-order valence-corrected chi connectivity index (χ4v) is 2.65. The van der Waals surface area contributed by atoms with E-state index < -0.39 is 0 Å². The molecule has 0 unspecified atom stereocenters. The number of nitrogens with zero attached hydrogens (tertiary/aromatic N) is 4. The van der Waals surface area contributed by atoms with Gasteiger partial charge >= 0.3 is 0 Å². The van der Waals surface area contributed by atoms with Crippen molar-refractivity contribution in [3.63, 3.8) is 0 Å². The Morgan fingerprint density at radius 1 is 1.33 bits per heavy atom. The molecule has 18 heavy (non-hydrogen) atoms. The zero-order chi connectivity index (χ0) is 12.8. The molecule has 102 valence electrons. The molecular weight excluding hydrogens is 226 g/mol. The first-order valence-corrected chi connectivity index (χ1v) is 7.24. The second-order valence-corrected chi connectivity index (χ2v) is 5.65. The van der Waals surface area contributed by atoms with E-state index in [1.165, 1.54) is 38.5 Å². The van der Waals surface area contributed by atoms with Crippen molar-refractivity contribution in [3.8, 4) is 0 Å². The van der Waals surface area contributed by atoms with Gasteiger partial charge in [0.1, 0.15) is 0 Å². The molecule has 1 aromatic heterocycles. The smallest absolute Gasteiger partial charge is 0.165 e. The lowest BCUT2D eigenvalue weighted by Gasteiger charge is -2.10. The van der Waals surface area contributed by atoms with Crippen LogP contribution in [0.15, 0.2) is 0 Å². The van der Waals surface area contributed by atoms with Crippen molar-refractivity contribution < 1.29 is 0 Å². The molecular formula is C13H25N5. The fraction of sp³-hybridized carbons (Fsp3) is 0.923. The lowest BCUT2D eigenvalue weighted by atomic mass is 10.0. The highest BCUT2D eigenvalue weighted by molar-refractivity contribution is 4.80. The van der Waals surface area contributed by atoms with E-state index in [1.807, 2.05) is 4.68 Å². The Balaban J connectivity index is 1.72. The van der Waals surface area contributed by atoms with Gasteiger partial charge in [0.05, 0.1) is 6.54 Å². The normalized spacial score (nSPS) is 16.8. The number of hydrogen-bond donors (Lipinski definition) is 1. The summed E-state index contributed by atoms with van der Waals surface area (Å²) in [4.78, 5) is 0. The minimum absolute atomic E-state index is 0.466. The van der Waals surface area contributed by atoms with Crippen molar-refractivity contribution in [1.29, 1.82) is 0 Å². The zero-order valence-electron chi connectivity index (χ0n) is 11.6. The maximum Gasteiger partial charge on any atom is 0.165 e. The molecule has 0 saturated heterocycles. The largest absolute Gasteiger partial charge is 0.308 e. The predicted octanol–water partition coefficient (Wildman–Crippen LogP) is 2.14. The summed E-state index contributed by atoms with van der Waals surface area (Å²) in [6.07, 6.45) is 8.24. The molecule has 0 aromatic carbocycles. The summed E-state index contributed by atoms with van der Waals surface area (Å²) < 4.78 is 1.95. The molecule has 2 rings (SSSR count). The minimum Gasteiger partial charge on any atom is -0.308 e. The van der Waals surface area contributed by atoms with Crippen molar-refractivity contribution in [2.45, 2.75) is 71.5 Å². The van der Waals surface area contributed by atoms with E-state index in [0.717, 1.165) is 24.8 Å². The van der Waals surface area contributed by atoms with Crippen LogP contribution in [0.5, 0.6) is 0 Å². The molecule has 1 aliphatic rings. The first kappa shape index (κ1) is 13.5. The van der Waals surface area contributed by atoms with Crippen molar-refractivity contribution in [1.82, 2.24) is 25.5 Å². The first-order valence-electron chi connectivity index (χ1n) is 7.24. The Morgan fingerprint density at radius 3 is 2.83 bits per heavy atom. The lowest BCUT2D eigenvalue weighted by Crippen LogP contribution is -2.24. The third-order valence-electron chi connectivity index (χ3n) is 3.73. The quantitative estimate of drug-likeness (QED) is 0.806. The van der Waals surface area contributed by atoms with Gasteiger partial charge in [0.2, 0.25) is 0 Å². The van der Waals surface area contributed by atoms with Crippen LogP contribution in [0.4, 0.5) is 0 Å². The van der Waals surface area contributed by atoms with Crippen LogP contribution in [-0.2, 0) is 13.1 Å². The van der Waals surface area contributed by atoms with Gasteiger partial charge in [-0.3, -0.25) is 0 Å². The van der Waals surface area contributed by atoms with Crippen molar-refractivity contribution in [2.24, 2.45) is 5.92 Å². The summed E-state index contributed by atoms with van der Waals surface area (Å²) in [5, 5.41) is 15.3. The summed E-state index contributed by atoms with van der Waals surface area (Å²) in [6.45, 7) is 5.98. The molecule has 5 nitrogen and oxygen atoms in total. The van der Waals surface area contributed by atoms with Crippen LogP contribution in [0.2, 0.25) is 0 Å². The second-order valence-electron chi connectivity index (χ2n) is 5.65. The molecule has 1 aliphatic carbocycles. The van der Waals surface area contributed by atoms with Gasteiger partial charge in [0.15, 0.2) is 5.82 Å². The van der Waals surface area contributed by atoms with E-state index in [9.17, 15) is 0 Å². The average molecular weight is 251 g/mol. The molecule has 5 heteroatoms. The van der Waals surface area contributed by atoms with Crippen LogP contribution >= 0.6 is 0 Å². The Bertz CT molecular complexity index is 341. The molecule has 0 amide bonds. The van der Waals surface area contributed by atoms with Crippen LogP contribution in [-0.4, -0.2) is 26.2 Å². The van der Waals surface area contributed by atoms with Gasteiger partial charge in [-0.1, -0.05) is 39.5 Å².